The van der Waals surface area contributed by atoms with Gasteiger partial charge in [-0.3, -0.25) is 9.59 Å². The smallest absolute Gasteiger partial charge is 0.253 e. The number of nitrogens with zero attached hydrogens (tertiary/aromatic N) is 3. The number of carbonyl (C=O) groups is 2. The maximum atomic E-state index is 12.4. The largest absolute Gasteiger partial charge is 0.365 e. The fourth-order valence-corrected chi connectivity index (χ4v) is 4.46. The molecule has 7 heteroatoms. The van der Waals surface area contributed by atoms with Crippen molar-refractivity contribution in [2.75, 3.05) is 45.9 Å². The molecule has 0 spiro atoms. The molecule has 3 heterocycles. The molecule has 1 saturated carbocycles. The van der Waals surface area contributed by atoms with E-state index in [2.05, 4.69) is 10.2 Å². The van der Waals surface area contributed by atoms with Crippen molar-refractivity contribution in [2.24, 2.45) is 18.9 Å². The Kier molecular flexibility index (Phi) is 6.25. The molecule has 1 aromatic rings. The van der Waals surface area contributed by atoms with Crippen molar-refractivity contribution in [1.82, 2.24) is 19.7 Å². The summed E-state index contributed by atoms with van der Waals surface area (Å²) in [5.41, 5.74) is 1.63. The van der Waals surface area contributed by atoms with Gasteiger partial charge in [-0.25, -0.2) is 0 Å². The van der Waals surface area contributed by atoms with Gasteiger partial charge in [0.05, 0.1) is 11.7 Å². The summed E-state index contributed by atoms with van der Waals surface area (Å²) in [4.78, 5) is 29.3. The lowest BCUT2D eigenvalue weighted by atomic mass is 9.95. The van der Waals surface area contributed by atoms with Crippen LogP contribution in [-0.4, -0.2) is 78.2 Å². The van der Waals surface area contributed by atoms with Crippen molar-refractivity contribution in [1.29, 1.82) is 0 Å². The van der Waals surface area contributed by atoms with Crippen molar-refractivity contribution in [3.8, 4) is 0 Å². The molecule has 160 valence electrons. The van der Waals surface area contributed by atoms with Gasteiger partial charge in [0.1, 0.15) is 6.61 Å². The molecule has 1 aliphatic carbocycles. The summed E-state index contributed by atoms with van der Waals surface area (Å²) >= 11 is 0. The normalized spacial score (nSPS) is 24.1. The Hall–Kier alpha value is -1.86. The summed E-state index contributed by atoms with van der Waals surface area (Å²) in [6.07, 6.45) is 6.90. The van der Waals surface area contributed by atoms with Crippen LogP contribution in [0.3, 0.4) is 0 Å². The highest BCUT2D eigenvalue weighted by molar-refractivity contribution is 5.95. The van der Waals surface area contributed by atoms with Crippen LogP contribution in [0.2, 0.25) is 0 Å². The van der Waals surface area contributed by atoms with E-state index in [1.165, 1.54) is 32.2 Å². The highest BCUT2D eigenvalue weighted by Gasteiger charge is 2.31. The number of ether oxygens (including phenoxy) is 1. The number of likely N-dealkylation sites (tertiary alicyclic amines) is 1. The number of hydrogen-bond donors (Lipinski definition) is 1. The van der Waals surface area contributed by atoms with Gasteiger partial charge < -0.3 is 24.4 Å². The van der Waals surface area contributed by atoms with E-state index in [-0.39, 0.29) is 24.5 Å². The molecule has 1 N–H and O–H groups in total. The second-order valence-electron chi connectivity index (χ2n) is 9.05. The fraction of sp³-hybridized carbons (Fsp3) is 0.727. The molecule has 2 aliphatic heterocycles. The van der Waals surface area contributed by atoms with Gasteiger partial charge in [0.15, 0.2) is 0 Å². The lowest BCUT2D eigenvalue weighted by molar-refractivity contribution is -0.149. The molecule has 1 atom stereocenters. The van der Waals surface area contributed by atoms with Crippen LogP contribution in [0.1, 0.15) is 41.7 Å². The van der Waals surface area contributed by atoms with E-state index in [1.54, 1.807) is 0 Å². The molecular formula is C22H34N4O3. The van der Waals surface area contributed by atoms with E-state index in [4.69, 9.17) is 4.74 Å². The van der Waals surface area contributed by atoms with Crippen LogP contribution in [0.4, 0.5) is 0 Å². The fourth-order valence-electron chi connectivity index (χ4n) is 4.46. The van der Waals surface area contributed by atoms with Crippen LogP contribution in [0.25, 0.3) is 0 Å². The van der Waals surface area contributed by atoms with Crippen LogP contribution >= 0.6 is 0 Å². The van der Waals surface area contributed by atoms with E-state index in [9.17, 15) is 9.59 Å². The first-order valence-electron chi connectivity index (χ1n) is 11.0. The predicted molar refractivity (Wildman–Crippen MR) is 111 cm³/mol. The Labute approximate surface area is 173 Å². The monoisotopic (exact) mass is 402 g/mol. The number of amides is 2. The third-order valence-electron chi connectivity index (χ3n) is 6.74. The highest BCUT2D eigenvalue weighted by atomic mass is 16.5. The minimum Gasteiger partial charge on any atom is -0.365 e. The first-order valence-corrected chi connectivity index (χ1v) is 11.0. The standard InChI is InChI=1S/C22H34N4O3/c1-16-20(7-8-24(16)2)22(28)23-11-19-14-26(21(27)15-29-19)13-18-5-9-25(10-6-18)12-17-3-4-17/h7-8,17-19H,3-6,9-15H2,1-2H3,(H,23,28)/t19-/m0/s1. The Bertz CT molecular complexity index is 734. The van der Waals surface area contributed by atoms with Crippen molar-refractivity contribution < 1.29 is 14.3 Å². The molecule has 0 aromatic carbocycles. The van der Waals surface area contributed by atoms with E-state index in [0.29, 0.717) is 24.6 Å². The lowest BCUT2D eigenvalue weighted by Gasteiger charge is -2.38. The molecule has 4 rings (SSSR count). The number of aromatic nitrogens is 1. The van der Waals surface area contributed by atoms with E-state index < -0.39 is 0 Å². The molecule has 29 heavy (non-hydrogen) atoms. The zero-order valence-corrected chi connectivity index (χ0v) is 17.7. The average molecular weight is 403 g/mol. The van der Waals surface area contributed by atoms with Crippen LogP contribution in [0.5, 0.6) is 0 Å². The molecule has 3 fully saturated rings. The van der Waals surface area contributed by atoms with Gasteiger partial charge in [0.2, 0.25) is 5.91 Å². The maximum Gasteiger partial charge on any atom is 0.253 e. The zero-order chi connectivity index (χ0) is 20.4. The summed E-state index contributed by atoms with van der Waals surface area (Å²) in [6.45, 7) is 7.46. The number of nitrogens with one attached hydrogen (secondary N) is 1. The molecule has 0 bridgehead atoms. The molecule has 1 aromatic heterocycles. The number of carbonyl (C=O) groups excluding carboxylic acids is 2. The third-order valence-corrected chi connectivity index (χ3v) is 6.74. The van der Waals surface area contributed by atoms with Crippen molar-refractivity contribution in [2.45, 2.75) is 38.7 Å². The highest BCUT2D eigenvalue weighted by Crippen LogP contribution is 2.31. The molecular weight excluding hydrogens is 368 g/mol. The first-order chi connectivity index (χ1) is 14.0. The molecule has 0 unspecified atom stereocenters. The summed E-state index contributed by atoms with van der Waals surface area (Å²) < 4.78 is 7.61. The van der Waals surface area contributed by atoms with Crippen molar-refractivity contribution >= 4 is 11.8 Å². The van der Waals surface area contributed by atoms with Crippen molar-refractivity contribution in [3.63, 3.8) is 0 Å². The van der Waals surface area contributed by atoms with Gasteiger partial charge in [-0.15, -0.1) is 0 Å². The van der Waals surface area contributed by atoms with E-state index in [0.717, 1.165) is 31.2 Å². The Morgan fingerprint density at radius 1 is 1.17 bits per heavy atom. The summed E-state index contributed by atoms with van der Waals surface area (Å²) in [5.74, 6) is 1.52. The molecule has 3 aliphatic rings. The SMILES string of the molecule is Cc1c(C(=O)NC[C@H]2CN(CC3CCN(CC4CC4)CC3)C(=O)CO2)ccn1C. The Morgan fingerprint density at radius 2 is 1.90 bits per heavy atom. The summed E-state index contributed by atoms with van der Waals surface area (Å²) in [6, 6.07) is 1.83. The lowest BCUT2D eigenvalue weighted by Crippen LogP contribution is -2.52. The minimum atomic E-state index is -0.143. The minimum absolute atomic E-state index is 0.0758. The summed E-state index contributed by atoms with van der Waals surface area (Å²) in [7, 11) is 1.93. The molecule has 2 saturated heterocycles. The van der Waals surface area contributed by atoms with Gasteiger partial charge >= 0.3 is 0 Å². The van der Waals surface area contributed by atoms with Gasteiger partial charge in [-0.05, 0) is 63.6 Å². The summed E-state index contributed by atoms with van der Waals surface area (Å²) in [5, 5.41) is 2.97. The number of rotatable bonds is 7. The number of aryl methyl sites for hydroxylation is 1. The maximum absolute atomic E-state index is 12.4. The first kappa shape index (κ1) is 20.4. The van der Waals surface area contributed by atoms with Gasteiger partial charge in [-0.1, -0.05) is 0 Å². The Balaban J connectivity index is 1.22. The van der Waals surface area contributed by atoms with E-state index in [1.807, 2.05) is 35.7 Å². The number of piperidine rings is 1. The van der Waals surface area contributed by atoms with Gasteiger partial charge in [0, 0.05) is 45.1 Å². The molecule has 0 radical (unpaired) electrons. The van der Waals surface area contributed by atoms with Crippen LogP contribution in [0, 0.1) is 18.8 Å². The molecule has 7 nitrogen and oxygen atoms in total. The third kappa shape index (κ3) is 5.20. The van der Waals surface area contributed by atoms with Gasteiger partial charge in [0.25, 0.3) is 5.91 Å². The Morgan fingerprint density at radius 3 is 2.55 bits per heavy atom. The van der Waals surface area contributed by atoms with Crippen LogP contribution in [-0.2, 0) is 16.6 Å². The molecule has 2 amide bonds. The second-order valence-corrected chi connectivity index (χ2v) is 9.05. The van der Waals surface area contributed by atoms with Crippen LogP contribution in [0.15, 0.2) is 12.3 Å². The topological polar surface area (TPSA) is 66.8 Å². The second kappa shape index (κ2) is 8.88. The quantitative estimate of drug-likeness (QED) is 0.749. The average Bonchev–Trinajstić information content (AvgIpc) is 3.47. The zero-order valence-electron chi connectivity index (χ0n) is 17.7. The van der Waals surface area contributed by atoms with Gasteiger partial charge in [-0.2, -0.15) is 0 Å². The van der Waals surface area contributed by atoms with E-state index >= 15 is 0 Å². The number of hydrogen-bond acceptors (Lipinski definition) is 4. The predicted octanol–water partition coefficient (Wildman–Crippen LogP) is 1.41. The van der Waals surface area contributed by atoms with Crippen LogP contribution < -0.4 is 5.32 Å². The van der Waals surface area contributed by atoms with Crippen molar-refractivity contribution in [3.05, 3.63) is 23.5 Å². The number of morpholine rings is 1.